The summed E-state index contributed by atoms with van der Waals surface area (Å²) in [5.74, 6) is 0. The molecule has 0 bridgehead atoms. The molecule has 0 aromatic carbocycles. The maximum absolute atomic E-state index is 6.21. The standard InChI is InChI=1S/C14H33O2P7/c1-11-10-12(16-13(11)7-8-14(2,3)4)6-5-9-15-21(22(17)18)23(19)20/h12-13H,1,5-10,17-20H2,2-4H3/t12-,13?/m0/s1. The Labute approximate surface area is 155 Å². The number of rotatable bonds is 9. The SMILES string of the molecule is C=C1C[C@H](CCCOP(P(P)P)P(P)P)OC1CCC(C)(C)C. The second-order valence-corrected chi connectivity index (χ2v) is 30.8. The highest BCUT2D eigenvalue weighted by Crippen LogP contribution is 2.97. The van der Waals surface area contributed by atoms with Crippen molar-refractivity contribution in [3.05, 3.63) is 12.2 Å². The Kier molecular flexibility index (Phi) is 11.9. The van der Waals surface area contributed by atoms with Gasteiger partial charge in [0.05, 0.1) is 26.3 Å². The van der Waals surface area contributed by atoms with E-state index in [9.17, 15) is 0 Å². The average molecular weight is 450 g/mol. The van der Waals surface area contributed by atoms with E-state index in [2.05, 4.69) is 63.1 Å². The van der Waals surface area contributed by atoms with Crippen molar-refractivity contribution >= 4 is 57.2 Å². The highest BCUT2D eigenvalue weighted by molar-refractivity contribution is 8.96. The zero-order valence-corrected chi connectivity index (χ0v) is 21.9. The number of ether oxygens (including phenoxy) is 1. The average Bonchev–Trinajstić information content (AvgIpc) is 2.75. The Hall–Kier alpha value is 2.67. The number of hydrogen-bond donors (Lipinski definition) is 0. The molecule has 23 heavy (non-hydrogen) atoms. The van der Waals surface area contributed by atoms with E-state index >= 15 is 0 Å². The molecule has 1 rings (SSSR count). The van der Waals surface area contributed by atoms with Crippen molar-refractivity contribution in [2.75, 3.05) is 6.61 Å². The quantitative estimate of drug-likeness (QED) is 0.204. The van der Waals surface area contributed by atoms with Gasteiger partial charge in [-0.3, -0.25) is 0 Å². The van der Waals surface area contributed by atoms with Crippen LogP contribution in [0.15, 0.2) is 12.2 Å². The normalized spacial score (nSPS) is 22.8. The summed E-state index contributed by atoms with van der Waals surface area (Å²) in [7, 11) is 11.3. The highest BCUT2D eigenvalue weighted by Gasteiger charge is 2.29. The van der Waals surface area contributed by atoms with Crippen molar-refractivity contribution in [1.82, 2.24) is 0 Å². The fourth-order valence-corrected chi connectivity index (χ4v) is 35.6. The lowest BCUT2D eigenvalue weighted by Crippen LogP contribution is -2.15. The third-order valence-corrected chi connectivity index (χ3v) is 26.3. The molecule has 1 aliphatic heterocycles. The summed E-state index contributed by atoms with van der Waals surface area (Å²) >= 11 is 0. The molecular weight excluding hydrogens is 417 g/mol. The van der Waals surface area contributed by atoms with E-state index in [1.54, 1.807) is 0 Å². The molecule has 1 fully saturated rings. The molecule has 0 aromatic heterocycles. The summed E-state index contributed by atoms with van der Waals surface area (Å²) < 4.78 is 12.3. The second kappa shape index (κ2) is 11.5. The molecule has 0 aromatic rings. The minimum atomic E-state index is -0.316. The van der Waals surface area contributed by atoms with Crippen LogP contribution in [-0.4, -0.2) is 18.8 Å². The van der Waals surface area contributed by atoms with Gasteiger partial charge in [0.2, 0.25) is 0 Å². The minimum Gasteiger partial charge on any atom is -0.370 e. The molecule has 0 aliphatic carbocycles. The summed E-state index contributed by atoms with van der Waals surface area (Å²) in [5.41, 5.74) is 1.66. The predicted molar refractivity (Wildman–Crippen MR) is 126 cm³/mol. The van der Waals surface area contributed by atoms with E-state index < -0.39 is 0 Å². The van der Waals surface area contributed by atoms with Crippen LogP contribution in [0.4, 0.5) is 0 Å². The van der Waals surface area contributed by atoms with E-state index in [4.69, 9.17) is 9.26 Å². The summed E-state index contributed by atoms with van der Waals surface area (Å²) in [5, 5.41) is 0. The van der Waals surface area contributed by atoms with Gasteiger partial charge in [-0.15, -0.1) is 35.7 Å². The predicted octanol–water partition coefficient (Wildman–Crippen LogP) is 7.67. The van der Waals surface area contributed by atoms with Crippen LogP contribution >= 0.6 is 57.2 Å². The molecule has 136 valence electrons. The zero-order chi connectivity index (χ0) is 17.6. The summed E-state index contributed by atoms with van der Waals surface area (Å²) in [6.07, 6.45) is 6.12. The first kappa shape index (κ1) is 23.7. The van der Waals surface area contributed by atoms with Crippen molar-refractivity contribution < 1.29 is 9.26 Å². The maximum Gasteiger partial charge on any atom is 0.0921 e. The maximum atomic E-state index is 6.21. The smallest absolute Gasteiger partial charge is 0.0921 e. The monoisotopic (exact) mass is 450 g/mol. The van der Waals surface area contributed by atoms with Gasteiger partial charge in [-0.2, -0.15) is 0 Å². The lowest BCUT2D eigenvalue weighted by atomic mass is 9.88. The largest absolute Gasteiger partial charge is 0.370 e. The van der Waals surface area contributed by atoms with Crippen molar-refractivity contribution in [3.8, 4) is 0 Å². The molecule has 0 spiro atoms. The summed E-state index contributed by atoms with van der Waals surface area (Å²) in [6.45, 7) is 11.7. The highest BCUT2D eigenvalue weighted by atomic mass is 33.0. The van der Waals surface area contributed by atoms with Gasteiger partial charge in [0.25, 0.3) is 0 Å². The molecular formula is C14H33O2P7. The Morgan fingerprint density at radius 2 is 1.78 bits per heavy atom. The Balaban J connectivity index is 2.25. The first-order valence-electron chi connectivity index (χ1n) is 7.95. The molecule has 2 nitrogen and oxygen atoms in total. The molecule has 6 atom stereocenters. The molecule has 9 heteroatoms. The van der Waals surface area contributed by atoms with Crippen molar-refractivity contribution in [2.45, 2.75) is 65.1 Å². The van der Waals surface area contributed by atoms with Crippen molar-refractivity contribution in [1.29, 1.82) is 0 Å². The van der Waals surface area contributed by atoms with Gasteiger partial charge in [0.1, 0.15) is 0 Å². The topological polar surface area (TPSA) is 18.5 Å². The second-order valence-electron chi connectivity index (χ2n) is 7.20. The molecule has 1 heterocycles. The molecule has 5 unspecified atom stereocenters. The Bertz CT molecular complexity index is 363. The minimum absolute atomic E-state index is 0.143. The van der Waals surface area contributed by atoms with Crippen LogP contribution in [0.1, 0.15) is 52.9 Å². The summed E-state index contributed by atoms with van der Waals surface area (Å²) in [6, 6.07) is 0. The number of hydrogen-bond acceptors (Lipinski definition) is 2. The third kappa shape index (κ3) is 9.96. The van der Waals surface area contributed by atoms with E-state index in [0.29, 0.717) is 11.5 Å². The van der Waals surface area contributed by atoms with E-state index in [1.165, 1.54) is 12.0 Å². The van der Waals surface area contributed by atoms with Gasteiger partial charge < -0.3 is 9.26 Å². The molecule has 1 saturated heterocycles. The van der Waals surface area contributed by atoms with E-state index in [1.807, 2.05) is 0 Å². The van der Waals surface area contributed by atoms with Crippen LogP contribution in [0.2, 0.25) is 0 Å². The lowest BCUT2D eigenvalue weighted by Gasteiger charge is -2.24. The van der Waals surface area contributed by atoms with Crippen LogP contribution in [0.25, 0.3) is 0 Å². The fourth-order valence-electron chi connectivity index (χ4n) is 2.52. The first-order valence-corrected chi connectivity index (χ1v) is 19.8. The lowest BCUT2D eigenvalue weighted by molar-refractivity contribution is 0.0350. The molecule has 1 aliphatic rings. The fraction of sp³-hybridized carbons (Fsp3) is 0.857. The molecule has 0 amide bonds. The van der Waals surface area contributed by atoms with Crippen LogP contribution in [-0.2, 0) is 9.26 Å². The van der Waals surface area contributed by atoms with E-state index in [-0.39, 0.29) is 27.6 Å². The van der Waals surface area contributed by atoms with Crippen LogP contribution in [0, 0.1) is 5.41 Å². The Morgan fingerprint density at radius 3 is 2.30 bits per heavy atom. The van der Waals surface area contributed by atoms with Gasteiger partial charge in [-0.1, -0.05) is 27.4 Å². The molecule has 0 radical (unpaired) electrons. The molecule has 0 N–H and O–H groups in total. The van der Waals surface area contributed by atoms with Gasteiger partial charge >= 0.3 is 0 Å². The Morgan fingerprint density at radius 1 is 1.17 bits per heavy atom. The van der Waals surface area contributed by atoms with Gasteiger partial charge in [-0.25, -0.2) is 0 Å². The van der Waals surface area contributed by atoms with Crippen molar-refractivity contribution in [2.24, 2.45) is 5.41 Å². The van der Waals surface area contributed by atoms with Crippen molar-refractivity contribution in [3.63, 3.8) is 0 Å². The van der Waals surface area contributed by atoms with Crippen LogP contribution in [0.3, 0.4) is 0 Å². The summed E-state index contributed by atoms with van der Waals surface area (Å²) in [4.78, 5) is 0. The zero-order valence-electron chi connectivity index (χ0n) is 14.6. The van der Waals surface area contributed by atoms with Gasteiger partial charge in [0.15, 0.2) is 0 Å². The molecule has 0 saturated carbocycles. The van der Waals surface area contributed by atoms with Crippen LogP contribution < -0.4 is 0 Å². The van der Waals surface area contributed by atoms with Gasteiger partial charge in [-0.05, 0) is 57.1 Å². The third-order valence-electron chi connectivity index (χ3n) is 3.73. The van der Waals surface area contributed by atoms with Gasteiger partial charge in [0, 0.05) is 0 Å². The van der Waals surface area contributed by atoms with E-state index in [0.717, 1.165) is 32.3 Å². The van der Waals surface area contributed by atoms with Crippen LogP contribution in [0.5, 0.6) is 0 Å². The first-order chi connectivity index (χ1) is 10.6.